The maximum Gasteiger partial charge on any atom is 0.271 e. The summed E-state index contributed by atoms with van der Waals surface area (Å²) in [5.74, 6) is -0.922. The molecule has 0 aliphatic carbocycles. The molecule has 8 nitrogen and oxygen atoms in total. The zero-order chi connectivity index (χ0) is 19.0. The number of aromatic nitrogens is 3. The van der Waals surface area contributed by atoms with Gasteiger partial charge in [-0.25, -0.2) is 4.39 Å². The standard InChI is InChI=1S/C18H16FN5O3/c1-27-17-11(19)3-2-4-12(17)22-15-14(10-5-6-20-9-13(10)25)23-24-8-7-21-18(26)16(15)24/h2-6,9,22,25H,7-8H2,1H3,(H,21,26). The first-order valence-electron chi connectivity index (χ1n) is 8.22. The largest absolute Gasteiger partial charge is 0.506 e. The molecule has 0 saturated carbocycles. The lowest BCUT2D eigenvalue weighted by atomic mass is 10.1. The smallest absolute Gasteiger partial charge is 0.271 e. The first-order valence-corrected chi connectivity index (χ1v) is 8.22. The Morgan fingerprint density at radius 2 is 2.22 bits per heavy atom. The molecule has 1 aliphatic heterocycles. The van der Waals surface area contributed by atoms with Crippen molar-refractivity contribution in [2.45, 2.75) is 6.54 Å². The highest BCUT2D eigenvalue weighted by molar-refractivity contribution is 6.03. The molecule has 1 amide bonds. The molecule has 27 heavy (non-hydrogen) atoms. The van der Waals surface area contributed by atoms with Crippen molar-refractivity contribution in [3.8, 4) is 22.8 Å². The zero-order valence-electron chi connectivity index (χ0n) is 14.4. The van der Waals surface area contributed by atoms with Crippen LogP contribution in [0.1, 0.15) is 10.5 Å². The van der Waals surface area contributed by atoms with Crippen LogP contribution >= 0.6 is 0 Å². The molecule has 1 aromatic carbocycles. The molecule has 4 rings (SSSR count). The fourth-order valence-electron chi connectivity index (χ4n) is 3.06. The van der Waals surface area contributed by atoms with E-state index in [2.05, 4.69) is 20.7 Å². The molecule has 3 N–H and O–H groups in total. The average molecular weight is 369 g/mol. The number of aromatic hydroxyl groups is 1. The van der Waals surface area contributed by atoms with E-state index in [-0.39, 0.29) is 17.4 Å². The van der Waals surface area contributed by atoms with Crippen molar-refractivity contribution in [2.75, 3.05) is 19.0 Å². The van der Waals surface area contributed by atoms with E-state index in [0.29, 0.717) is 41.4 Å². The Labute approximate surface area is 153 Å². The first kappa shape index (κ1) is 16.8. The van der Waals surface area contributed by atoms with Gasteiger partial charge in [0.15, 0.2) is 11.6 Å². The molecule has 0 unspecified atom stereocenters. The highest BCUT2D eigenvalue weighted by Crippen LogP contribution is 2.39. The van der Waals surface area contributed by atoms with Gasteiger partial charge in [0.2, 0.25) is 0 Å². The Hall–Kier alpha value is -3.62. The molecular weight excluding hydrogens is 353 g/mol. The SMILES string of the molecule is COc1c(F)cccc1Nc1c(-c2ccncc2O)nn2c1C(=O)NCC2. The topological polar surface area (TPSA) is 101 Å². The summed E-state index contributed by atoms with van der Waals surface area (Å²) in [6.07, 6.45) is 2.81. The Morgan fingerprint density at radius 3 is 3.00 bits per heavy atom. The van der Waals surface area contributed by atoms with E-state index in [1.807, 2.05) is 0 Å². The van der Waals surface area contributed by atoms with E-state index in [1.165, 1.54) is 31.6 Å². The van der Waals surface area contributed by atoms with Crippen LogP contribution in [-0.2, 0) is 6.54 Å². The van der Waals surface area contributed by atoms with Crippen molar-refractivity contribution < 1.29 is 19.0 Å². The number of fused-ring (bicyclic) bond motifs is 1. The quantitative estimate of drug-likeness (QED) is 0.652. The molecule has 9 heteroatoms. The van der Waals surface area contributed by atoms with Crippen molar-refractivity contribution >= 4 is 17.3 Å². The second kappa shape index (κ2) is 6.60. The maximum absolute atomic E-state index is 14.1. The predicted molar refractivity (Wildman–Crippen MR) is 95.7 cm³/mol. The number of hydrogen-bond acceptors (Lipinski definition) is 6. The van der Waals surface area contributed by atoms with Gasteiger partial charge >= 0.3 is 0 Å². The molecule has 3 aromatic rings. The van der Waals surface area contributed by atoms with Crippen molar-refractivity contribution in [3.05, 3.63) is 48.2 Å². The number of hydrogen-bond donors (Lipinski definition) is 3. The summed E-state index contributed by atoms with van der Waals surface area (Å²) in [7, 11) is 1.36. The predicted octanol–water partition coefficient (Wildman–Crippen LogP) is 2.29. The Balaban J connectivity index is 1.91. The summed E-state index contributed by atoms with van der Waals surface area (Å²) in [5, 5.41) is 20.5. The fourth-order valence-corrected chi connectivity index (χ4v) is 3.06. The zero-order valence-corrected chi connectivity index (χ0v) is 14.4. The van der Waals surface area contributed by atoms with E-state index >= 15 is 0 Å². The van der Waals surface area contributed by atoms with Gasteiger partial charge in [0, 0.05) is 18.3 Å². The molecule has 1 aliphatic rings. The number of carbonyl (C=O) groups excluding carboxylic acids is 1. The molecule has 2 aromatic heterocycles. The number of nitrogens with one attached hydrogen (secondary N) is 2. The number of amides is 1. The van der Waals surface area contributed by atoms with Crippen LogP contribution in [0.4, 0.5) is 15.8 Å². The summed E-state index contributed by atoms with van der Waals surface area (Å²) in [6, 6.07) is 6.03. The molecule has 0 bridgehead atoms. The summed E-state index contributed by atoms with van der Waals surface area (Å²) in [6.45, 7) is 0.917. The van der Waals surface area contributed by atoms with Crippen LogP contribution in [0.3, 0.4) is 0 Å². The van der Waals surface area contributed by atoms with Gasteiger partial charge in [0.05, 0.1) is 31.2 Å². The van der Waals surface area contributed by atoms with Crippen LogP contribution in [-0.4, -0.2) is 39.4 Å². The monoisotopic (exact) mass is 369 g/mol. The molecule has 0 radical (unpaired) electrons. The summed E-state index contributed by atoms with van der Waals surface area (Å²) < 4.78 is 20.8. The van der Waals surface area contributed by atoms with Gasteiger partial charge in [-0.1, -0.05) is 6.07 Å². The van der Waals surface area contributed by atoms with E-state index in [0.717, 1.165) is 0 Å². The van der Waals surface area contributed by atoms with Crippen LogP contribution < -0.4 is 15.4 Å². The molecule has 0 atom stereocenters. The molecule has 3 heterocycles. The number of ether oxygens (including phenoxy) is 1. The molecule has 0 saturated heterocycles. The summed E-state index contributed by atoms with van der Waals surface area (Å²) in [4.78, 5) is 16.3. The Bertz CT molecular complexity index is 1030. The Morgan fingerprint density at radius 1 is 1.37 bits per heavy atom. The Kier molecular flexibility index (Phi) is 4.11. The number of nitrogens with zero attached hydrogens (tertiary/aromatic N) is 3. The first-order chi connectivity index (χ1) is 13.1. The second-order valence-electron chi connectivity index (χ2n) is 5.89. The van der Waals surface area contributed by atoms with Gasteiger partial charge in [0.25, 0.3) is 5.91 Å². The van der Waals surface area contributed by atoms with Crippen molar-refractivity contribution in [3.63, 3.8) is 0 Å². The number of halogens is 1. The lowest BCUT2D eigenvalue weighted by Crippen LogP contribution is -2.35. The molecule has 138 valence electrons. The van der Waals surface area contributed by atoms with Gasteiger partial charge in [-0.15, -0.1) is 0 Å². The minimum atomic E-state index is -0.540. The highest BCUT2D eigenvalue weighted by atomic mass is 19.1. The van der Waals surface area contributed by atoms with Crippen LogP contribution in [0.15, 0.2) is 36.7 Å². The maximum atomic E-state index is 14.1. The van der Waals surface area contributed by atoms with Crippen LogP contribution in [0.5, 0.6) is 11.5 Å². The van der Waals surface area contributed by atoms with Gasteiger partial charge in [-0.2, -0.15) is 5.10 Å². The normalized spacial score (nSPS) is 13.0. The number of carbonyl (C=O) groups is 1. The average Bonchev–Trinajstić information content (AvgIpc) is 3.02. The molecule has 0 fully saturated rings. The molecule has 0 spiro atoms. The number of methoxy groups -OCH3 is 1. The van der Waals surface area contributed by atoms with Crippen LogP contribution in [0.25, 0.3) is 11.3 Å². The summed E-state index contributed by atoms with van der Waals surface area (Å²) in [5.41, 5.74) is 1.73. The third kappa shape index (κ3) is 2.82. The second-order valence-corrected chi connectivity index (χ2v) is 5.89. The highest BCUT2D eigenvalue weighted by Gasteiger charge is 2.29. The van der Waals surface area contributed by atoms with Crippen molar-refractivity contribution in [1.29, 1.82) is 0 Å². The number of rotatable bonds is 4. The minimum absolute atomic E-state index is 0.0126. The van der Waals surface area contributed by atoms with Gasteiger partial charge in [-0.3, -0.25) is 14.5 Å². The number of para-hydroxylation sites is 1. The number of benzene rings is 1. The van der Waals surface area contributed by atoms with Crippen molar-refractivity contribution in [1.82, 2.24) is 20.1 Å². The lowest BCUT2D eigenvalue weighted by Gasteiger charge is -2.17. The third-order valence-electron chi connectivity index (χ3n) is 4.26. The number of pyridine rings is 1. The van der Waals surface area contributed by atoms with Crippen molar-refractivity contribution in [2.24, 2.45) is 0 Å². The summed E-state index contributed by atoms with van der Waals surface area (Å²) >= 11 is 0. The van der Waals surface area contributed by atoms with Crippen LogP contribution in [0, 0.1) is 5.82 Å². The van der Waals surface area contributed by atoms with E-state index in [1.54, 1.807) is 16.8 Å². The third-order valence-corrected chi connectivity index (χ3v) is 4.26. The minimum Gasteiger partial charge on any atom is -0.506 e. The molecular formula is C18H16FN5O3. The van der Waals surface area contributed by atoms with Gasteiger partial charge < -0.3 is 20.5 Å². The van der Waals surface area contributed by atoms with E-state index < -0.39 is 5.82 Å². The van der Waals surface area contributed by atoms with Gasteiger partial charge in [0.1, 0.15) is 17.1 Å². The number of anilines is 2. The van der Waals surface area contributed by atoms with Gasteiger partial charge in [-0.05, 0) is 18.2 Å². The van der Waals surface area contributed by atoms with Crippen LogP contribution in [0.2, 0.25) is 0 Å². The lowest BCUT2D eigenvalue weighted by molar-refractivity contribution is 0.0925. The fraction of sp³-hybridized carbons (Fsp3) is 0.167. The van der Waals surface area contributed by atoms with E-state index in [9.17, 15) is 14.3 Å². The van der Waals surface area contributed by atoms with E-state index in [4.69, 9.17) is 4.74 Å².